The number of urea groups is 1. The van der Waals surface area contributed by atoms with E-state index in [1.807, 2.05) is 18.5 Å². The standard InChI is InChI=1S/C23H31FN6O2/c24-17-2-1-3-19(9-17)29-13-18(14-29)27-23(32)28-22-11-25-21-5-4-15(8-20(21)22)16-10-26-30(12-16)6-7-31/h1-3,9-10,12,15,18,20-22,25,31H,4-8,11,13-14H2,(H2,27,28,32). The number of carbonyl (C=O) groups excluding carboxylic acids is 1. The van der Waals surface area contributed by atoms with Crippen molar-refractivity contribution in [3.8, 4) is 0 Å². The lowest BCUT2D eigenvalue weighted by atomic mass is 9.75. The summed E-state index contributed by atoms with van der Waals surface area (Å²) in [7, 11) is 0. The molecule has 3 aliphatic rings. The average molecular weight is 443 g/mol. The second-order valence-electron chi connectivity index (χ2n) is 9.25. The monoisotopic (exact) mass is 442 g/mol. The van der Waals surface area contributed by atoms with E-state index in [1.54, 1.807) is 10.7 Å². The van der Waals surface area contributed by atoms with Crippen molar-refractivity contribution in [3.63, 3.8) is 0 Å². The molecule has 1 saturated carbocycles. The van der Waals surface area contributed by atoms with Crippen LogP contribution < -0.4 is 20.9 Å². The Balaban J connectivity index is 1.12. The summed E-state index contributed by atoms with van der Waals surface area (Å²) < 4.78 is 15.2. The molecule has 4 N–H and O–H groups in total. The number of nitrogens with one attached hydrogen (secondary N) is 3. The van der Waals surface area contributed by atoms with Gasteiger partial charge in [-0.3, -0.25) is 4.68 Å². The summed E-state index contributed by atoms with van der Waals surface area (Å²) in [5.41, 5.74) is 2.07. The van der Waals surface area contributed by atoms with E-state index in [0.29, 0.717) is 37.5 Å². The molecule has 4 unspecified atom stereocenters. The summed E-state index contributed by atoms with van der Waals surface area (Å²) in [6.07, 6.45) is 7.17. The van der Waals surface area contributed by atoms with Crippen LogP contribution in [0.25, 0.3) is 0 Å². The molecule has 1 aromatic carbocycles. The van der Waals surface area contributed by atoms with Gasteiger partial charge in [-0.05, 0) is 54.9 Å². The lowest BCUT2D eigenvalue weighted by molar-refractivity contribution is 0.219. The van der Waals surface area contributed by atoms with Crippen molar-refractivity contribution >= 4 is 11.7 Å². The molecule has 4 atom stereocenters. The van der Waals surface area contributed by atoms with E-state index in [2.05, 4.69) is 25.9 Å². The number of fused-ring (bicyclic) bond motifs is 1. The van der Waals surface area contributed by atoms with Crippen LogP contribution in [0.5, 0.6) is 0 Å². The Labute approximate surface area is 187 Å². The van der Waals surface area contributed by atoms with Crippen LogP contribution in [0, 0.1) is 11.7 Å². The molecular weight excluding hydrogens is 411 g/mol. The predicted molar refractivity (Wildman–Crippen MR) is 119 cm³/mol. The van der Waals surface area contributed by atoms with Crippen molar-refractivity contribution in [1.29, 1.82) is 0 Å². The van der Waals surface area contributed by atoms with E-state index in [0.717, 1.165) is 31.5 Å². The molecule has 2 aliphatic heterocycles. The first kappa shape index (κ1) is 21.2. The molecule has 5 rings (SSSR count). The summed E-state index contributed by atoms with van der Waals surface area (Å²) in [5.74, 6) is 0.583. The Morgan fingerprint density at radius 1 is 1.28 bits per heavy atom. The Kier molecular flexibility index (Phi) is 6.01. The minimum Gasteiger partial charge on any atom is -0.394 e. The number of benzene rings is 1. The number of hydrogen-bond acceptors (Lipinski definition) is 5. The maximum atomic E-state index is 13.4. The Morgan fingerprint density at radius 2 is 2.16 bits per heavy atom. The van der Waals surface area contributed by atoms with E-state index < -0.39 is 0 Å². The summed E-state index contributed by atoms with van der Waals surface area (Å²) >= 11 is 0. The van der Waals surface area contributed by atoms with Gasteiger partial charge in [-0.25, -0.2) is 9.18 Å². The van der Waals surface area contributed by atoms with Crippen LogP contribution in [0.4, 0.5) is 14.9 Å². The van der Waals surface area contributed by atoms with Crippen molar-refractivity contribution in [1.82, 2.24) is 25.7 Å². The third kappa shape index (κ3) is 4.45. The highest BCUT2D eigenvalue weighted by Gasteiger charge is 2.41. The molecule has 9 heteroatoms. The van der Waals surface area contributed by atoms with Crippen LogP contribution >= 0.6 is 0 Å². The lowest BCUT2D eigenvalue weighted by Gasteiger charge is -2.41. The van der Waals surface area contributed by atoms with Crippen LogP contribution in [-0.4, -0.2) is 65.3 Å². The molecular formula is C23H31FN6O2. The van der Waals surface area contributed by atoms with Gasteiger partial charge in [0.1, 0.15) is 5.82 Å². The Bertz CT molecular complexity index is 946. The highest BCUT2D eigenvalue weighted by molar-refractivity contribution is 5.75. The first-order valence-electron chi connectivity index (χ1n) is 11.5. The summed E-state index contributed by atoms with van der Waals surface area (Å²) in [6.45, 7) is 2.77. The first-order chi connectivity index (χ1) is 15.6. The number of aliphatic hydroxyl groups excluding tert-OH is 1. The second-order valence-corrected chi connectivity index (χ2v) is 9.25. The zero-order valence-electron chi connectivity index (χ0n) is 18.1. The van der Waals surface area contributed by atoms with E-state index in [-0.39, 0.29) is 30.5 Å². The molecule has 1 aliphatic carbocycles. The fourth-order valence-corrected chi connectivity index (χ4v) is 5.46. The molecule has 0 bridgehead atoms. The highest BCUT2D eigenvalue weighted by atomic mass is 19.1. The zero-order chi connectivity index (χ0) is 22.1. The van der Waals surface area contributed by atoms with Crippen molar-refractivity contribution in [2.24, 2.45) is 5.92 Å². The zero-order valence-corrected chi connectivity index (χ0v) is 18.1. The fraction of sp³-hybridized carbons (Fsp3) is 0.565. The van der Waals surface area contributed by atoms with Gasteiger partial charge in [-0.1, -0.05) is 6.07 Å². The van der Waals surface area contributed by atoms with Gasteiger partial charge in [0.2, 0.25) is 0 Å². The van der Waals surface area contributed by atoms with Crippen molar-refractivity contribution in [2.75, 3.05) is 31.1 Å². The SMILES string of the molecule is O=C(NC1CN(c2cccc(F)c2)C1)NC1CNC2CCC(c3cnn(CCO)c3)CC21. The summed E-state index contributed by atoms with van der Waals surface area (Å²) in [6, 6.07) is 7.04. The van der Waals surface area contributed by atoms with E-state index in [9.17, 15) is 9.18 Å². The molecule has 2 saturated heterocycles. The van der Waals surface area contributed by atoms with Gasteiger partial charge in [0.15, 0.2) is 0 Å². The van der Waals surface area contributed by atoms with E-state index in [4.69, 9.17) is 5.11 Å². The largest absolute Gasteiger partial charge is 0.394 e. The first-order valence-corrected chi connectivity index (χ1v) is 11.5. The van der Waals surface area contributed by atoms with Gasteiger partial charge in [0.25, 0.3) is 0 Å². The van der Waals surface area contributed by atoms with Crippen LogP contribution in [-0.2, 0) is 6.54 Å². The Hall–Kier alpha value is -2.65. The highest BCUT2D eigenvalue weighted by Crippen LogP contribution is 2.39. The number of anilines is 1. The minimum atomic E-state index is -0.244. The van der Waals surface area contributed by atoms with Gasteiger partial charge in [-0.2, -0.15) is 5.10 Å². The normalized spacial score (nSPS) is 27.6. The average Bonchev–Trinajstić information content (AvgIpc) is 3.38. The van der Waals surface area contributed by atoms with Gasteiger partial charge >= 0.3 is 6.03 Å². The number of aliphatic hydroxyl groups is 1. The number of hydrogen-bond donors (Lipinski definition) is 4. The van der Waals surface area contributed by atoms with Crippen molar-refractivity contribution in [3.05, 3.63) is 48.0 Å². The summed E-state index contributed by atoms with van der Waals surface area (Å²) in [4.78, 5) is 14.7. The molecule has 2 aromatic rings. The fourth-order valence-electron chi connectivity index (χ4n) is 5.46. The quantitative estimate of drug-likeness (QED) is 0.543. The van der Waals surface area contributed by atoms with Crippen LogP contribution in [0.3, 0.4) is 0 Å². The third-order valence-electron chi connectivity index (χ3n) is 7.18. The maximum absolute atomic E-state index is 13.4. The number of carbonyl (C=O) groups is 1. The molecule has 3 fully saturated rings. The smallest absolute Gasteiger partial charge is 0.315 e. The molecule has 8 nitrogen and oxygen atoms in total. The van der Waals surface area contributed by atoms with Gasteiger partial charge in [0, 0.05) is 43.6 Å². The molecule has 0 spiro atoms. The summed E-state index contributed by atoms with van der Waals surface area (Å²) in [5, 5.41) is 23.3. The maximum Gasteiger partial charge on any atom is 0.315 e. The number of halogens is 1. The molecule has 2 amide bonds. The van der Waals surface area contributed by atoms with Crippen molar-refractivity contribution in [2.45, 2.75) is 49.9 Å². The lowest BCUT2D eigenvalue weighted by Crippen LogP contribution is -2.62. The molecule has 1 aromatic heterocycles. The number of nitrogens with zero attached hydrogens (tertiary/aromatic N) is 3. The third-order valence-corrected chi connectivity index (χ3v) is 7.18. The van der Waals surface area contributed by atoms with Crippen molar-refractivity contribution < 1.29 is 14.3 Å². The van der Waals surface area contributed by atoms with Gasteiger partial charge in [-0.15, -0.1) is 0 Å². The number of aromatic nitrogens is 2. The second kappa shape index (κ2) is 9.07. The van der Waals surface area contributed by atoms with Crippen LogP contribution in [0.1, 0.15) is 30.7 Å². The Morgan fingerprint density at radius 3 is 2.97 bits per heavy atom. The van der Waals surface area contributed by atoms with Gasteiger partial charge in [0.05, 0.1) is 25.4 Å². The predicted octanol–water partition coefficient (Wildman–Crippen LogP) is 1.43. The number of rotatable bonds is 6. The minimum absolute atomic E-state index is 0.0693. The topological polar surface area (TPSA) is 94.5 Å². The van der Waals surface area contributed by atoms with E-state index in [1.165, 1.54) is 17.7 Å². The van der Waals surface area contributed by atoms with Crippen LogP contribution in [0.2, 0.25) is 0 Å². The van der Waals surface area contributed by atoms with Gasteiger partial charge < -0.3 is 26.0 Å². The molecule has 0 radical (unpaired) electrons. The molecule has 32 heavy (non-hydrogen) atoms. The number of amides is 2. The van der Waals surface area contributed by atoms with E-state index >= 15 is 0 Å². The van der Waals surface area contributed by atoms with Crippen LogP contribution in [0.15, 0.2) is 36.7 Å². The molecule has 3 heterocycles. The molecule has 172 valence electrons.